The van der Waals surface area contributed by atoms with Gasteiger partial charge in [-0.3, -0.25) is 0 Å². The highest BCUT2D eigenvalue weighted by atomic mass is 19.1. The van der Waals surface area contributed by atoms with Crippen molar-refractivity contribution in [3.63, 3.8) is 0 Å². The molecular formula is C32H37F. The Morgan fingerprint density at radius 2 is 1.03 bits per heavy atom. The Bertz CT molecular complexity index is 1050. The summed E-state index contributed by atoms with van der Waals surface area (Å²) >= 11 is 0. The summed E-state index contributed by atoms with van der Waals surface area (Å²) in [6.45, 7) is 4.49. The van der Waals surface area contributed by atoms with Crippen LogP contribution in [0.4, 0.5) is 4.39 Å². The van der Waals surface area contributed by atoms with E-state index in [2.05, 4.69) is 68.4 Å². The van der Waals surface area contributed by atoms with Crippen LogP contribution in [0.5, 0.6) is 0 Å². The van der Waals surface area contributed by atoms with E-state index < -0.39 is 0 Å². The lowest BCUT2D eigenvalue weighted by molar-refractivity contribution is 0.347. The van der Waals surface area contributed by atoms with Gasteiger partial charge in [0.1, 0.15) is 5.82 Å². The molecule has 0 unspecified atom stereocenters. The molecule has 0 atom stereocenters. The van der Waals surface area contributed by atoms with Gasteiger partial charge < -0.3 is 0 Å². The van der Waals surface area contributed by atoms with Crippen molar-refractivity contribution < 1.29 is 4.39 Å². The van der Waals surface area contributed by atoms with E-state index in [4.69, 9.17) is 0 Å². The molecular weight excluding hydrogens is 403 g/mol. The summed E-state index contributed by atoms with van der Waals surface area (Å²) in [4.78, 5) is 0. The van der Waals surface area contributed by atoms with Crippen molar-refractivity contribution in [2.24, 2.45) is 5.92 Å². The largest absolute Gasteiger partial charge is 0.206 e. The van der Waals surface area contributed by atoms with E-state index in [1.54, 1.807) is 6.07 Å². The second kappa shape index (κ2) is 9.84. The fraction of sp³-hybridized carbons (Fsp3) is 0.438. The van der Waals surface area contributed by atoms with E-state index in [0.717, 1.165) is 17.0 Å². The van der Waals surface area contributed by atoms with Gasteiger partial charge in [-0.2, -0.15) is 0 Å². The molecule has 2 aliphatic rings. The molecule has 172 valence electrons. The normalized spacial score (nSPS) is 25.7. The second-order valence-electron chi connectivity index (χ2n) is 10.8. The van der Waals surface area contributed by atoms with E-state index in [-0.39, 0.29) is 5.82 Å². The molecule has 0 aliphatic heterocycles. The van der Waals surface area contributed by atoms with Crippen LogP contribution in [0.1, 0.15) is 98.3 Å². The van der Waals surface area contributed by atoms with Crippen LogP contribution in [0.3, 0.4) is 0 Å². The van der Waals surface area contributed by atoms with E-state index >= 15 is 4.39 Å². The zero-order chi connectivity index (χ0) is 22.8. The molecule has 2 aliphatic carbocycles. The van der Waals surface area contributed by atoms with Gasteiger partial charge in [0.05, 0.1) is 0 Å². The molecule has 0 amide bonds. The smallest absolute Gasteiger partial charge is 0.131 e. The molecule has 2 saturated carbocycles. The second-order valence-corrected chi connectivity index (χ2v) is 10.8. The fourth-order valence-corrected chi connectivity index (χ4v) is 6.15. The lowest BCUT2D eigenvalue weighted by Gasteiger charge is -2.29. The summed E-state index contributed by atoms with van der Waals surface area (Å²) in [6, 6.07) is 23.8. The summed E-state index contributed by atoms with van der Waals surface area (Å²) in [7, 11) is 0. The summed E-state index contributed by atoms with van der Waals surface area (Å²) in [5.74, 6) is 2.60. The molecule has 0 nitrogen and oxygen atoms in total. The number of hydrogen-bond acceptors (Lipinski definition) is 0. The Balaban J connectivity index is 1.23. The average Bonchev–Trinajstić information content (AvgIpc) is 2.85. The lowest BCUT2D eigenvalue weighted by atomic mass is 9.76. The van der Waals surface area contributed by atoms with Crippen LogP contribution in [0.25, 0.3) is 11.1 Å². The van der Waals surface area contributed by atoms with Gasteiger partial charge in [0, 0.05) is 5.56 Å². The fourth-order valence-electron chi connectivity index (χ4n) is 6.15. The highest BCUT2D eigenvalue weighted by Crippen LogP contribution is 2.41. The van der Waals surface area contributed by atoms with Gasteiger partial charge in [0.15, 0.2) is 0 Å². The highest BCUT2D eigenvalue weighted by Gasteiger charge is 2.24. The SMILES string of the molecule is Cc1ccc(C2CCC(c3ccc(-c4ccc(C5CCC(C)CC5)cc4F)cc3)CC2)cc1. The highest BCUT2D eigenvalue weighted by molar-refractivity contribution is 5.65. The quantitative estimate of drug-likeness (QED) is 0.379. The van der Waals surface area contributed by atoms with Gasteiger partial charge in [-0.15, -0.1) is 0 Å². The first-order valence-corrected chi connectivity index (χ1v) is 13.0. The Hall–Kier alpha value is -2.41. The first-order chi connectivity index (χ1) is 16.1. The molecule has 3 aromatic rings. The van der Waals surface area contributed by atoms with Crippen molar-refractivity contribution in [2.45, 2.75) is 83.0 Å². The number of hydrogen-bond donors (Lipinski definition) is 0. The number of aryl methyl sites for hydroxylation is 1. The monoisotopic (exact) mass is 440 g/mol. The number of halogens is 1. The number of rotatable bonds is 4. The maximum Gasteiger partial charge on any atom is 0.131 e. The Kier molecular flexibility index (Phi) is 6.67. The Morgan fingerprint density at radius 1 is 0.576 bits per heavy atom. The van der Waals surface area contributed by atoms with Crippen LogP contribution in [0.2, 0.25) is 0 Å². The minimum absolute atomic E-state index is 0.0718. The van der Waals surface area contributed by atoms with Crippen LogP contribution in [0.15, 0.2) is 66.7 Å². The van der Waals surface area contributed by atoms with Crippen molar-refractivity contribution >= 4 is 0 Å². The van der Waals surface area contributed by atoms with Crippen molar-refractivity contribution in [3.05, 3.63) is 94.8 Å². The van der Waals surface area contributed by atoms with Gasteiger partial charge in [0.2, 0.25) is 0 Å². The first-order valence-electron chi connectivity index (χ1n) is 13.0. The molecule has 33 heavy (non-hydrogen) atoms. The summed E-state index contributed by atoms with van der Waals surface area (Å²) in [5, 5.41) is 0. The molecule has 0 aromatic heterocycles. The van der Waals surface area contributed by atoms with Crippen molar-refractivity contribution in [1.29, 1.82) is 0 Å². The van der Waals surface area contributed by atoms with Crippen LogP contribution in [-0.2, 0) is 0 Å². The van der Waals surface area contributed by atoms with E-state index in [1.807, 2.05) is 6.07 Å². The first kappa shape index (κ1) is 22.4. The molecule has 3 aromatic carbocycles. The van der Waals surface area contributed by atoms with Crippen molar-refractivity contribution in [2.75, 3.05) is 0 Å². The molecule has 0 N–H and O–H groups in total. The summed E-state index contributed by atoms with van der Waals surface area (Å²) in [5.41, 5.74) is 7.16. The average molecular weight is 441 g/mol. The molecule has 1 heteroatoms. The summed E-state index contributed by atoms with van der Waals surface area (Å²) in [6.07, 6.45) is 9.91. The Morgan fingerprint density at radius 3 is 1.58 bits per heavy atom. The minimum Gasteiger partial charge on any atom is -0.206 e. The van der Waals surface area contributed by atoms with Gasteiger partial charge >= 0.3 is 0 Å². The van der Waals surface area contributed by atoms with E-state index in [1.165, 1.54) is 73.6 Å². The lowest BCUT2D eigenvalue weighted by Crippen LogP contribution is -2.12. The predicted octanol–water partition coefficient (Wildman–Crippen LogP) is 9.54. The summed E-state index contributed by atoms with van der Waals surface area (Å²) < 4.78 is 15.1. The third-order valence-electron chi connectivity index (χ3n) is 8.45. The third kappa shape index (κ3) is 5.08. The topological polar surface area (TPSA) is 0 Å². The van der Waals surface area contributed by atoms with Crippen LogP contribution >= 0.6 is 0 Å². The molecule has 0 bridgehead atoms. The molecule has 2 fully saturated rings. The molecule has 0 radical (unpaired) electrons. The predicted molar refractivity (Wildman–Crippen MR) is 137 cm³/mol. The third-order valence-corrected chi connectivity index (χ3v) is 8.45. The minimum atomic E-state index is -0.0718. The molecule has 0 heterocycles. The van der Waals surface area contributed by atoms with Gasteiger partial charge in [0.25, 0.3) is 0 Å². The van der Waals surface area contributed by atoms with Crippen LogP contribution < -0.4 is 0 Å². The van der Waals surface area contributed by atoms with Crippen molar-refractivity contribution in [1.82, 2.24) is 0 Å². The standard InChI is InChI=1S/C32H37F/c1-22-3-7-24(8-4-22)25-11-13-26(14-12-25)27-15-17-29(18-16-27)31-20-19-30(21-32(31)33)28-9-5-23(2)6-10-28/h3-4,7-8,15-21,23,25-26,28H,5-6,9-14H2,1-2H3. The zero-order valence-corrected chi connectivity index (χ0v) is 20.2. The van der Waals surface area contributed by atoms with E-state index in [9.17, 15) is 0 Å². The molecule has 0 saturated heterocycles. The maximum atomic E-state index is 15.1. The molecule has 5 rings (SSSR count). The van der Waals surface area contributed by atoms with Crippen LogP contribution in [0, 0.1) is 18.7 Å². The molecule has 0 spiro atoms. The number of benzene rings is 3. The van der Waals surface area contributed by atoms with Crippen LogP contribution in [-0.4, -0.2) is 0 Å². The van der Waals surface area contributed by atoms with Gasteiger partial charge in [-0.25, -0.2) is 4.39 Å². The maximum absolute atomic E-state index is 15.1. The van der Waals surface area contributed by atoms with Gasteiger partial charge in [-0.1, -0.05) is 86.0 Å². The van der Waals surface area contributed by atoms with Crippen molar-refractivity contribution in [3.8, 4) is 11.1 Å². The van der Waals surface area contributed by atoms with Gasteiger partial charge in [-0.05, 0) is 97.4 Å². The van der Waals surface area contributed by atoms with E-state index in [0.29, 0.717) is 17.8 Å². The Labute approximate surface area is 199 Å². The zero-order valence-electron chi connectivity index (χ0n) is 20.2.